The van der Waals surface area contributed by atoms with Crippen molar-refractivity contribution >= 4 is 23.2 Å². The third-order valence-corrected chi connectivity index (χ3v) is 3.18. The van der Waals surface area contributed by atoms with Gasteiger partial charge in [-0.05, 0) is 26.3 Å². The van der Waals surface area contributed by atoms with Crippen molar-refractivity contribution in [1.82, 2.24) is 15.1 Å². The molecule has 0 saturated carbocycles. The van der Waals surface area contributed by atoms with E-state index in [2.05, 4.69) is 24.3 Å². The monoisotopic (exact) mass is 263 g/mol. The number of rotatable bonds is 7. The van der Waals surface area contributed by atoms with Crippen LogP contribution in [0.15, 0.2) is 0 Å². The SMILES string of the molecule is CCc1nn(CC)c(CNCCCCl)c1Cl. The minimum atomic E-state index is 0.688. The third-order valence-electron chi connectivity index (χ3n) is 2.47. The number of alkyl halides is 1. The van der Waals surface area contributed by atoms with Crippen LogP contribution in [-0.2, 0) is 19.5 Å². The van der Waals surface area contributed by atoms with E-state index in [0.717, 1.165) is 48.9 Å². The second kappa shape index (κ2) is 7.15. The zero-order chi connectivity index (χ0) is 12.0. The largest absolute Gasteiger partial charge is 0.311 e. The number of nitrogens with zero attached hydrogens (tertiary/aromatic N) is 2. The van der Waals surface area contributed by atoms with Crippen LogP contribution in [0.5, 0.6) is 0 Å². The van der Waals surface area contributed by atoms with Gasteiger partial charge in [-0.1, -0.05) is 18.5 Å². The first-order valence-electron chi connectivity index (χ1n) is 5.75. The molecule has 0 atom stereocenters. The lowest BCUT2D eigenvalue weighted by atomic mass is 10.3. The molecule has 1 rings (SSSR count). The summed E-state index contributed by atoms with van der Waals surface area (Å²) >= 11 is 11.9. The van der Waals surface area contributed by atoms with Gasteiger partial charge >= 0.3 is 0 Å². The van der Waals surface area contributed by atoms with E-state index >= 15 is 0 Å². The van der Waals surface area contributed by atoms with Crippen molar-refractivity contribution in [3.05, 3.63) is 16.4 Å². The Labute approximate surface area is 107 Å². The van der Waals surface area contributed by atoms with E-state index < -0.39 is 0 Å². The highest BCUT2D eigenvalue weighted by Gasteiger charge is 2.13. The van der Waals surface area contributed by atoms with E-state index in [-0.39, 0.29) is 0 Å². The van der Waals surface area contributed by atoms with Crippen LogP contribution in [0.3, 0.4) is 0 Å². The molecule has 0 unspecified atom stereocenters. The molecule has 0 aliphatic heterocycles. The van der Waals surface area contributed by atoms with Crippen LogP contribution >= 0.6 is 23.2 Å². The lowest BCUT2D eigenvalue weighted by molar-refractivity contribution is 0.576. The van der Waals surface area contributed by atoms with Crippen LogP contribution in [0.1, 0.15) is 31.7 Å². The molecule has 0 fully saturated rings. The number of hydrogen-bond acceptors (Lipinski definition) is 2. The summed E-state index contributed by atoms with van der Waals surface area (Å²) in [5, 5.41) is 8.60. The Morgan fingerprint density at radius 1 is 1.38 bits per heavy atom. The van der Waals surface area contributed by atoms with Crippen LogP contribution in [0.2, 0.25) is 5.02 Å². The fourth-order valence-electron chi connectivity index (χ4n) is 1.58. The van der Waals surface area contributed by atoms with E-state index in [1.165, 1.54) is 0 Å². The fourth-order valence-corrected chi connectivity index (χ4v) is 2.05. The van der Waals surface area contributed by atoms with E-state index in [1.807, 2.05) is 4.68 Å². The van der Waals surface area contributed by atoms with Gasteiger partial charge in [0.25, 0.3) is 0 Å². The number of aromatic nitrogens is 2. The molecule has 1 aromatic heterocycles. The molecular formula is C11H19Cl2N3. The second-order valence-corrected chi connectivity index (χ2v) is 4.35. The Hall–Kier alpha value is -0.250. The first kappa shape index (κ1) is 13.8. The van der Waals surface area contributed by atoms with Gasteiger partial charge in [-0.2, -0.15) is 5.10 Å². The molecule has 0 spiro atoms. The molecule has 16 heavy (non-hydrogen) atoms. The van der Waals surface area contributed by atoms with E-state index in [4.69, 9.17) is 23.2 Å². The summed E-state index contributed by atoms with van der Waals surface area (Å²) in [6.07, 6.45) is 1.85. The lowest BCUT2D eigenvalue weighted by Gasteiger charge is -2.06. The molecule has 1 heterocycles. The van der Waals surface area contributed by atoms with Gasteiger partial charge in [0.2, 0.25) is 0 Å². The highest BCUT2D eigenvalue weighted by atomic mass is 35.5. The number of aryl methyl sites for hydroxylation is 2. The maximum Gasteiger partial charge on any atom is 0.0863 e. The van der Waals surface area contributed by atoms with Gasteiger partial charge in [0.1, 0.15) is 0 Å². The molecule has 1 aromatic rings. The quantitative estimate of drug-likeness (QED) is 0.606. The van der Waals surface area contributed by atoms with Crippen molar-refractivity contribution in [2.24, 2.45) is 0 Å². The van der Waals surface area contributed by atoms with Crippen molar-refractivity contribution < 1.29 is 0 Å². The standard InChI is InChI=1S/C11H19Cl2N3/c1-3-9-11(13)10(16(4-2)15-9)8-14-7-5-6-12/h14H,3-8H2,1-2H3. The summed E-state index contributed by atoms with van der Waals surface area (Å²) in [5.41, 5.74) is 2.06. The van der Waals surface area contributed by atoms with E-state index in [0.29, 0.717) is 5.88 Å². The van der Waals surface area contributed by atoms with Gasteiger partial charge in [0.15, 0.2) is 0 Å². The van der Waals surface area contributed by atoms with Crippen molar-refractivity contribution in [3.63, 3.8) is 0 Å². The summed E-state index contributed by atoms with van der Waals surface area (Å²) in [6, 6.07) is 0. The number of nitrogens with one attached hydrogen (secondary N) is 1. The summed E-state index contributed by atoms with van der Waals surface area (Å²) in [7, 11) is 0. The predicted octanol–water partition coefficient (Wildman–Crippen LogP) is 2.84. The third kappa shape index (κ3) is 3.37. The van der Waals surface area contributed by atoms with Gasteiger partial charge in [-0.3, -0.25) is 4.68 Å². The maximum atomic E-state index is 6.27. The Balaban J connectivity index is 2.65. The van der Waals surface area contributed by atoms with Gasteiger partial charge in [-0.25, -0.2) is 0 Å². The van der Waals surface area contributed by atoms with Crippen molar-refractivity contribution in [3.8, 4) is 0 Å². The molecule has 3 nitrogen and oxygen atoms in total. The Morgan fingerprint density at radius 2 is 2.12 bits per heavy atom. The summed E-state index contributed by atoms with van der Waals surface area (Å²) in [5.74, 6) is 0.688. The predicted molar refractivity (Wildman–Crippen MR) is 69.3 cm³/mol. The van der Waals surface area contributed by atoms with Crippen LogP contribution < -0.4 is 5.32 Å². The van der Waals surface area contributed by atoms with E-state index in [1.54, 1.807) is 0 Å². The zero-order valence-corrected chi connectivity index (χ0v) is 11.4. The van der Waals surface area contributed by atoms with Crippen LogP contribution in [0.25, 0.3) is 0 Å². The van der Waals surface area contributed by atoms with Crippen LogP contribution in [-0.4, -0.2) is 22.2 Å². The molecular weight excluding hydrogens is 245 g/mol. The maximum absolute atomic E-state index is 6.27. The first-order chi connectivity index (χ1) is 7.74. The van der Waals surface area contributed by atoms with Crippen LogP contribution in [0.4, 0.5) is 0 Å². The average Bonchev–Trinajstić information content (AvgIpc) is 2.61. The topological polar surface area (TPSA) is 29.9 Å². The van der Waals surface area contributed by atoms with Crippen molar-refractivity contribution in [1.29, 1.82) is 0 Å². The molecule has 0 bridgehead atoms. The molecule has 0 radical (unpaired) electrons. The van der Waals surface area contributed by atoms with Crippen molar-refractivity contribution in [2.45, 2.75) is 39.8 Å². The highest BCUT2D eigenvalue weighted by molar-refractivity contribution is 6.31. The first-order valence-corrected chi connectivity index (χ1v) is 6.66. The van der Waals surface area contributed by atoms with Crippen molar-refractivity contribution in [2.75, 3.05) is 12.4 Å². The minimum Gasteiger partial charge on any atom is -0.311 e. The fraction of sp³-hybridized carbons (Fsp3) is 0.727. The zero-order valence-electron chi connectivity index (χ0n) is 9.89. The summed E-state index contributed by atoms with van der Waals surface area (Å²) in [4.78, 5) is 0. The smallest absolute Gasteiger partial charge is 0.0863 e. The molecule has 0 aliphatic carbocycles. The molecule has 0 aliphatic rings. The summed E-state index contributed by atoms with van der Waals surface area (Å²) < 4.78 is 1.97. The molecule has 5 heteroatoms. The molecule has 92 valence electrons. The Kier molecular flexibility index (Phi) is 6.17. The molecule has 1 N–H and O–H groups in total. The van der Waals surface area contributed by atoms with Gasteiger partial charge in [-0.15, -0.1) is 11.6 Å². The van der Waals surface area contributed by atoms with Crippen LogP contribution in [0, 0.1) is 0 Å². The van der Waals surface area contributed by atoms with E-state index in [9.17, 15) is 0 Å². The Morgan fingerprint density at radius 3 is 2.69 bits per heavy atom. The van der Waals surface area contributed by atoms with Gasteiger partial charge in [0, 0.05) is 19.0 Å². The number of hydrogen-bond donors (Lipinski definition) is 1. The Bertz CT molecular complexity index is 323. The van der Waals surface area contributed by atoms with Gasteiger partial charge in [0.05, 0.1) is 16.4 Å². The van der Waals surface area contributed by atoms with Gasteiger partial charge < -0.3 is 5.32 Å². The summed E-state index contributed by atoms with van der Waals surface area (Å²) in [6.45, 7) is 6.67. The second-order valence-electron chi connectivity index (χ2n) is 3.60. The molecule has 0 amide bonds. The average molecular weight is 264 g/mol. The number of halogens is 2. The molecule has 0 aromatic carbocycles. The molecule has 0 saturated heterocycles. The highest BCUT2D eigenvalue weighted by Crippen LogP contribution is 2.21. The lowest BCUT2D eigenvalue weighted by Crippen LogP contribution is -2.18. The normalized spacial score (nSPS) is 11.0. The minimum absolute atomic E-state index is 0.688.